The highest BCUT2D eigenvalue weighted by Gasteiger charge is 2.38. The molecule has 1 aromatic heterocycles. The minimum Gasteiger partial charge on any atom is -0.374 e. The predicted molar refractivity (Wildman–Crippen MR) is 105 cm³/mol. The van der Waals surface area contributed by atoms with Crippen LogP contribution in [0.1, 0.15) is 23.1 Å². The van der Waals surface area contributed by atoms with Crippen LogP contribution in [0, 0.1) is 18.3 Å². The third-order valence-corrected chi connectivity index (χ3v) is 5.37. The zero-order chi connectivity index (χ0) is 18.1. The Labute approximate surface area is 157 Å². The quantitative estimate of drug-likeness (QED) is 0.726. The molecule has 1 fully saturated rings. The van der Waals surface area contributed by atoms with E-state index in [1.165, 1.54) is 5.56 Å². The van der Waals surface area contributed by atoms with Crippen LogP contribution < -0.4 is 10.6 Å². The number of halogens is 1. The highest BCUT2D eigenvalue weighted by Crippen LogP contribution is 2.38. The second-order valence-corrected chi connectivity index (χ2v) is 7.22. The number of fused-ring (bicyclic) bond motifs is 1. The lowest BCUT2D eigenvalue weighted by Crippen LogP contribution is -2.38. The molecule has 4 rings (SSSR count). The summed E-state index contributed by atoms with van der Waals surface area (Å²) in [7, 11) is 0. The van der Waals surface area contributed by atoms with Crippen molar-refractivity contribution in [2.45, 2.75) is 18.9 Å². The molecule has 0 unspecified atom stereocenters. The fourth-order valence-electron chi connectivity index (χ4n) is 3.85. The number of nitrogens with one attached hydrogen (secondary N) is 2. The first-order valence-corrected chi connectivity index (χ1v) is 9.03. The van der Waals surface area contributed by atoms with Crippen LogP contribution in [0.3, 0.4) is 0 Å². The van der Waals surface area contributed by atoms with Gasteiger partial charge in [-0.1, -0.05) is 29.8 Å². The first-order valence-electron chi connectivity index (χ1n) is 8.66. The molecule has 26 heavy (non-hydrogen) atoms. The monoisotopic (exact) mass is 362 g/mol. The van der Waals surface area contributed by atoms with Crippen LogP contribution in [-0.4, -0.2) is 18.1 Å². The van der Waals surface area contributed by atoms with Crippen LogP contribution in [0.4, 0.5) is 5.69 Å². The van der Waals surface area contributed by atoms with Crippen molar-refractivity contribution in [2.75, 3.05) is 18.4 Å². The van der Waals surface area contributed by atoms with Crippen molar-refractivity contribution >= 4 is 28.2 Å². The smallest absolute Gasteiger partial charge is 0.101 e. The highest BCUT2D eigenvalue weighted by atomic mass is 35.5. The minimum absolute atomic E-state index is 0.247. The number of rotatable bonds is 3. The largest absolute Gasteiger partial charge is 0.374 e. The van der Waals surface area contributed by atoms with Gasteiger partial charge in [0, 0.05) is 34.4 Å². The summed E-state index contributed by atoms with van der Waals surface area (Å²) in [6, 6.07) is 16.1. The number of aryl methyl sites for hydroxylation is 1. The standard InChI is InChI=1S/C21H19ClN4/c1-14-3-2-4-18(22)20(14)21(7-8-24-13-21)26-17-6-5-16-9-15(11-23)12-25-19(16)10-17/h2-6,9-10,12,24,26H,7-8,13H2,1H3/t21-/m1/s1. The second kappa shape index (κ2) is 6.60. The van der Waals surface area contributed by atoms with Gasteiger partial charge in [0.2, 0.25) is 0 Å². The number of aromatic nitrogens is 1. The van der Waals surface area contributed by atoms with E-state index in [2.05, 4.69) is 34.7 Å². The van der Waals surface area contributed by atoms with E-state index in [0.717, 1.165) is 46.7 Å². The van der Waals surface area contributed by atoms with Crippen molar-refractivity contribution < 1.29 is 0 Å². The van der Waals surface area contributed by atoms with Crippen molar-refractivity contribution in [1.29, 1.82) is 5.26 Å². The van der Waals surface area contributed by atoms with E-state index >= 15 is 0 Å². The fourth-order valence-corrected chi connectivity index (χ4v) is 4.25. The first kappa shape index (κ1) is 16.8. The van der Waals surface area contributed by atoms with Crippen LogP contribution in [0.15, 0.2) is 48.7 Å². The molecule has 0 saturated carbocycles. The van der Waals surface area contributed by atoms with Crippen molar-refractivity contribution in [3.8, 4) is 6.07 Å². The van der Waals surface area contributed by atoms with Crippen LogP contribution >= 0.6 is 11.6 Å². The molecule has 4 nitrogen and oxygen atoms in total. The molecule has 2 heterocycles. The number of hydrogen-bond acceptors (Lipinski definition) is 4. The molecule has 1 atom stereocenters. The van der Waals surface area contributed by atoms with Gasteiger partial charge in [-0.05, 0) is 49.7 Å². The lowest BCUT2D eigenvalue weighted by molar-refractivity contribution is 0.540. The van der Waals surface area contributed by atoms with E-state index in [4.69, 9.17) is 16.9 Å². The summed E-state index contributed by atoms with van der Waals surface area (Å²) in [6.07, 6.45) is 2.56. The van der Waals surface area contributed by atoms with Crippen molar-refractivity contribution in [2.24, 2.45) is 0 Å². The van der Waals surface area contributed by atoms with Gasteiger partial charge in [-0.25, -0.2) is 0 Å². The number of benzene rings is 2. The Hall–Kier alpha value is -2.61. The van der Waals surface area contributed by atoms with E-state index in [0.29, 0.717) is 5.56 Å². The molecule has 1 aliphatic rings. The molecule has 0 radical (unpaired) electrons. The van der Waals surface area contributed by atoms with Gasteiger partial charge in [-0.2, -0.15) is 5.26 Å². The molecule has 5 heteroatoms. The van der Waals surface area contributed by atoms with E-state index in [-0.39, 0.29) is 5.54 Å². The predicted octanol–water partition coefficient (Wildman–Crippen LogP) is 4.37. The summed E-state index contributed by atoms with van der Waals surface area (Å²) in [4.78, 5) is 4.41. The first-order chi connectivity index (χ1) is 12.6. The lowest BCUT2D eigenvalue weighted by atomic mass is 9.85. The Bertz CT molecular complexity index is 996. The Morgan fingerprint density at radius 2 is 2.15 bits per heavy atom. The molecule has 1 aliphatic heterocycles. The molecule has 130 valence electrons. The number of nitriles is 1. The summed E-state index contributed by atoms with van der Waals surface area (Å²) >= 11 is 6.58. The van der Waals surface area contributed by atoms with Gasteiger partial charge in [-0.15, -0.1) is 0 Å². The van der Waals surface area contributed by atoms with Gasteiger partial charge < -0.3 is 10.6 Å². The van der Waals surface area contributed by atoms with Gasteiger partial charge in [0.1, 0.15) is 6.07 Å². The third kappa shape index (κ3) is 2.90. The van der Waals surface area contributed by atoms with Crippen LogP contribution in [0.25, 0.3) is 10.9 Å². The van der Waals surface area contributed by atoms with Crippen molar-refractivity contribution in [1.82, 2.24) is 10.3 Å². The van der Waals surface area contributed by atoms with Crippen molar-refractivity contribution in [3.05, 3.63) is 70.4 Å². The normalized spacial score (nSPS) is 19.4. The summed E-state index contributed by atoms with van der Waals surface area (Å²) in [5.74, 6) is 0. The number of nitrogens with zero attached hydrogens (tertiary/aromatic N) is 2. The average Bonchev–Trinajstić information content (AvgIpc) is 3.10. The average molecular weight is 363 g/mol. The number of hydrogen-bond donors (Lipinski definition) is 2. The Balaban J connectivity index is 1.76. The Kier molecular flexibility index (Phi) is 4.28. The van der Waals surface area contributed by atoms with E-state index in [9.17, 15) is 0 Å². The van der Waals surface area contributed by atoms with Crippen LogP contribution in [0.5, 0.6) is 0 Å². The van der Waals surface area contributed by atoms with Gasteiger partial charge >= 0.3 is 0 Å². The lowest BCUT2D eigenvalue weighted by Gasteiger charge is -2.33. The third-order valence-electron chi connectivity index (χ3n) is 5.05. The molecular weight excluding hydrogens is 344 g/mol. The second-order valence-electron chi connectivity index (χ2n) is 6.81. The molecule has 1 saturated heterocycles. The molecule has 2 aromatic carbocycles. The molecule has 3 aromatic rings. The van der Waals surface area contributed by atoms with E-state index in [1.54, 1.807) is 6.20 Å². The zero-order valence-electron chi connectivity index (χ0n) is 14.5. The van der Waals surface area contributed by atoms with E-state index in [1.807, 2.05) is 36.4 Å². The molecule has 0 spiro atoms. The Morgan fingerprint density at radius 3 is 2.88 bits per heavy atom. The van der Waals surface area contributed by atoms with Crippen LogP contribution in [-0.2, 0) is 5.54 Å². The van der Waals surface area contributed by atoms with Crippen LogP contribution in [0.2, 0.25) is 5.02 Å². The number of pyridine rings is 1. The van der Waals surface area contributed by atoms with Gasteiger partial charge in [0.25, 0.3) is 0 Å². The minimum atomic E-state index is -0.247. The summed E-state index contributed by atoms with van der Waals surface area (Å²) in [5.41, 5.74) is 4.53. The molecular formula is C21H19ClN4. The maximum Gasteiger partial charge on any atom is 0.101 e. The fraction of sp³-hybridized carbons (Fsp3) is 0.238. The van der Waals surface area contributed by atoms with Crippen molar-refractivity contribution in [3.63, 3.8) is 0 Å². The molecule has 0 amide bonds. The maximum absolute atomic E-state index is 9.03. The molecule has 2 N–H and O–H groups in total. The van der Waals surface area contributed by atoms with E-state index < -0.39 is 0 Å². The number of anilines is 1. The molecule has 0 bridgehead atoms. The van der Waals surface area contributed by atoms with Gasteiger partial charge in [-0.3, -0.25) is 4.98 Å². The summed E-state index contributed by atoms with van der Waals surface area (Å²) in [6.45, 7) is 3.86. The summed E-state index contributed by atoms with van der Waals surface area (Å²) < 4.78 is 0. The SMILES string of the molecule is Cc1cccc(Cl)c1[C@@]1(Nc2ccc3cc(C#N)cnc3c2)CCNC1. The van der Waals surface area contributed by atoms with Gasteiger partial charge in [0.05, 0.1) is 16.6 Å². The highest BCUT2D eigenvalue weighted by molar-refractivity contribution is 6.31. The Morgan fingerprint density at radius 1 is 1.27 bits per heavy atom. The summed E-state index contributed by atoms with van der Waals surface area (Å²) in [5, 5.41) is 18.0. The maximum atomic E-state index is 9.03. The zero-order valence-corrected chi connectivity index (χ0v) is 15.3. The molecule has 0 aliphatic carbocycles. The topological polar surface area (TPSA) is 60.7 Å². The van der Waals surface area contributed by atoms with Gasteiger partial charge in [0.15, 0.2) is 0 Å².